The van der Waals surface area contributed by atoms with Crippen LogP contribution in [0.1, 0.15) is 43.2 Å². The maximum atomic E-state index is 13.8. The van der Waals surface area contributed by atoms with Gasteiger partial charge in [-0.05, 0) is 68.3 Å². The van der Waals surface area contributed by atoms with Crippen molar-refractivity contribution in [2.24, 2.45) is 18.7 Å². The molecular formula is C29H41N9O3. The van der Waals surface area contributed by atoms with Crippen molar-refractivity contribution in [2.45, 2.75) is 44.1 Å². The number of rotatable bonds is 7. The molecule has 2 aliphatic heterocycles. The van der Waals surface area contributed by atoms with E-state index in [0.717, 1.165) is 68.9 Å². The zero-order chi connectivity index (χ0) is 28.6. The number of ether oxygens (including phenoxy) is 2. The number of hydrogen-bond acceptors (Lipinski definition) is 10. The molecule has 2 fully saturated rings. The Kier molecular flexibility index (Phi) is 7.69. The molecule has 0 unspecified atom stereocenters. The summed E-state index contributed by atoms with van der Waals surface area (Å²) < 4.78 is 13.0. The molecule has 1 aliphatic carbocycles. The molecule has 0 atom stereocenters. The number of aromatic nitrogens is 5. The molecule has 1 aromatic carbocycles. The van der Waals surface area contributed by atoms with Crippen LogP contribution in [0, 0.1) is 5.92 Å². The maximum Gasteiger partial charge on any atom is 0.225 e. The number of aryl methyl sites for hydroxylation is 1. The highest BCUT2D eigenvalue weighted by atomic mass is 16.5. The first-order valence-corrected chi connectivity index (χ1v) is 14.7. The van der Waals surface area contributed by atoms with Crippen molar-refractivity contribution in [3.05, 3.63) is 29.6 Å². The number of amides is 1. The van der Waals surface area contributed by atoms with E-state index in [4.69, 9.17) is 15.2 Å². The van der Waals surface area contributed by atoms with Gasteiger partial charge in [-0.2, -0.15) is 0 Å². The highest BCUT2D eigenvalue weighted by Crippen LogP contribution is 2.50. The highest BCUT2D eigenvalue weighted by Gasteiger charge is 2.47. The zero-order valence-electron chi connectivity index (χ0n) is 24.4. The summed E-state index contributed by atoms with van der Waals surface area (Å²) in [5.74, 6) is 2.66. The number of piperazine rings is 1. The minimum Gasteiger partial charge on any atom is -0.493 e. The van der Waals surface area contributed by atoms with E-state index in [1.807, 2.05) is 11.9 Å². The van der Waals surface area contributed by atoms with Crippen LogP contribution < -0.4 is 20.1 Å². The van der Waals surface area contributed by atoms with E-state index in [9.17, 15) is 4.79 Å². The van der Waals surface area contributed by atoms with Crippen LogP contribution in [0.4, 0.5) is 5.82 Å². The molecule has 0 radical (unpaired) electrons. The highest BCUT2D eigenvalue weighted by molar-refractivity contribution is 5.83. The SMILES string of the molecule is COc1cc2c(cc1OC)C1(CCC(C(=O)N3CCN(c4ncnc5c4nnn5C)CC3)CC1)N(CCCN)CC2. The van der Waals surface area contributed by atoms with Gasteiger partial charge in [-0.15, -0.1) is 5.10 Å². The summed E-state index contributed by atoms with van der Waals surface area (Å²) in [6.45, 7) is 5.41. The van der Waals surface area contributed by atoms with Crippen molar-refractivity contribution in [1.82, 2.24) is 34.8 Å². The molecule has 6 rings (SSSR count). The monoisotopic (exact) mass is 563 g/mol. The van der Waals surface area contributed by atoms with E-state index in [2.05, 4.69) is 42.2 Å². The van der Waals surface area contributed by atoms with Crippen molar-refractivity contribution in [3.8, 4) is 11.5 Å². The van der Waals surface area contributed by atoms with Gasteiger partial charge in [-0.1, -0.05) is 5.21 Å². The topological polar surface area (TPSA) is 128 Å². The minimum atomic E-state index is -0.104. The van der Waals surface area contributed by atoms with E-state index in [0.29, 0.717) is 43.9 Å². The third-order valence-corrected chi connectivity index (χ3v) is 9.42. The largest absolute Gasteiger partial charge is 0.493 e. The molecule has 2 aromatic heterocycles. The Balaban J connectivity index is 1.15. The van der Waals surface area contributed by atoms with Gasteiger partial charge in [0, 0.05) is 57.8 Å². The van der Waals surface area contributed by atoms with Gasteiger partial charge < -0.3 is 25.0 Å². The molecule has 1 saturated carbocycles. The lowest BCUT2D eigenvalue weighted by Gasteiger charge is -2.52. The van der Waals surface area contributed by atoms with Gasteiger partial charge in [-0.25, -0.2) is 14.6 Å². The fourth-order valence-electron chi connectivity index (χ4n) is 7.21. The maximum absolute atomic E-state index is 13.8. The zero-order valence-corrected chi connectivity index (χ0v) is 24.4. The summed E-state index contributed by atoms with van der Waals surface area (Å²) in [6.07, 6.45) is 7.13. The first-order chi connectivity index (χ1) is 20.0. The number of methoxy groups -OCH3 is 2. The summed E-state index contributed by atoms with van der Waals surface area (Å²) in [7, 11) is 5.21. The third kappa shape index (κ3) is 4.86. The number of fused-ring (bicyclic) bond motifs is 3. The van der Waals surface area contributed by atoms with Crippen LogP contribution in [0.3, 0.4) is 0 Å². The molecule has 220 valence electrons. The quantitative estimate of drug-likeness (QED) is 0.454. The van der Waals surface area contributed by atoms with E-state index >= 15 is 0 Å². The second-order valence-electron chi connectivity index (χ2n) is 11.4. The van der Waals surface area contributed by atoms with E-state index in [1.54, 1.807) is 25.2 Å². The first kappa shape index (κ1) is 27.6. The summed E-state index contributed by atoms with van der Waals surface area (Å²) in [6, 6.07) is 4.34. The number of anilines is 1. The molecule has 3 aliphatic rings. The Hall–Kier alpha value is -3.51. The van der Waals surface area contributed by atoms with E-state index in [-0.39, 0.29) is 17.4 Å². The Morgan fingerprint density at radius 2 is 1.78 bits per heavy atom. The average molecular weight is 564 g/mol. The molecule has 3 aromatic rings. The van der Waals surface area contributed by atoms with Gasteiger partial charge >= 0.3 is 0 Å². The predicted molar refractivity (Wildman–Crippen MR) is 155 cm³/mol. The van der Waals surface area contributed by atoms with E-state index < -0.39 is 0 Å². The number of carbonyl (C=O) groups excluding carboxylic acids is 1. The Labute approximate surface area is 240 Å². The Morgan fingerprint density at radius 3 is 2.49 bits per heavy atom. The van der Waals surface area contributed by atoms with Crippen LogP contribution >= 0.6 is 0 Å². The third-order valence-electron chi connectivity index (χ3n) is 9.42. The van der Waals surface area contributed by atoms with E-state index in [1.165, 1.54) is 11.1 Å². The van der Waals surface area contributed by atoms with Crippen LogP contribution in [0.15, 0.2) is 18.5 Å². The molecule has 12 nitrogen and oxygen atoms in total. The van der Waals surface area contributed by atoms with Crippen LogP contribution in [-0.4, -0.2) is 101 Å². The lowest BCUT2D eigenvalue weighted by atomic mass is 9.68. The summed E-state index contributed by atoms with van der Waals surface area (Å²) in [4.78, 5) is 29.4. The molecule has 2 N–H and O–H groups in total. The summed E-state index contributed by atoms with van der Waals surface area (Å²) in [5.41, 5.74) is 9.90. The Bertz CT molecular complexity index is 1390. The number of hydrogen-bond donors (Lipinski definition) is 1. The van der Waals surface area contributed by atoms with Gasteiger partial charge in [-0.3, -0.25) is 9.69 Å². The molecule has 12 heteroatoms. The van der Waals surface area contributed by atoms with Gasteiger partial charge in [0.1, 0.15) is 6.33 Å². The average Bonchev–Trinajstić information content (AvgIpc) is 3.41. The smallest absolute Gasteiger partial charge is 0.225 e. The first-order valence-electron chi connectivity index (χ1n) is 14.7. The molecule has 41 heavy (non-hydrogen) atoms. The van der Waals surface area contributed by atoms with Crippen LogP contribution in [0.25, 0.3) is 11.2 Å². The molecule has 1 amide bonds. The van der Waals surface area contributed by atoms with Crippen molar-refractivity contribution in [3.63, 3.8) is 0 Å². The second kappa shape index (κ2) is 11.4. The van der Waals surface area contributed by atoms with Gasteiger partial charge in [0.05, 0.1) is 14.2 Å². The van der Waals surface area contributed by atoms with Crippen molar-refractivity contribution in [1.29, 1.82) is 0 Å². The van der Waals surface area contributed by atoms with Gasteiger partial charge in [0.2, 0.25) is 5.91 Å². The molecule has 1 spiro atoms. The van der Waals surface area contributed by atoms with Crippen LogP contribution in [-0.2, 0) is 23.8 Å². The van der Waals surface area contributed by atoms with Crippen molar-refractivity contribution < 1.29 is 14.3 Å². The second-order valence-corrected chi connectivity index (χ2v) is 11.4. The predicted octanol–water partition coefficient (Wildman–Crippen LogP) is 1.72. The fraction of sp³-hybridized carbons (Fsp3) is 0.621. The minimum absolute atomic E-state index is 0.0415. The summed E-state index contributed by atoms with van der Waals surface area (Å²) in [5, 5.41) is 8.36. The van der Waals surface area contributed by atoms with Gasteiger partial charge in [0.25, 0.3) is 0 Å². The van der Waals surface area contributed by atoms with Crippen LogP contribution in [0.2, 0.25) is 0 Å². The number of nitrogens with two attached hydrogens (primary N) is 1. The number of nitrogens with zero attached hydrogens (tertiary/aromatic N) is 8. The van der Waals surface area contributed by atoms with Gasteiger partial charge in [0.15, 0.2) is 28.5 Å². The molecular weight excluding hydrogens is 522 g/mol. The molecule has 1 saturated heterocycles. The number of benzene rings is 1. The molecule has 0 bridgehead atoms. The fourth-order valence-corrected chi connectivity index (χ4v) is 7.21. The summed E-state index contributed by atoms with van der Waals surface area (Å²) >= 11 is 0. The van der Waals surface area contributed by atoms with Crippen molar-refractivity contribution >= 4 is 22.9 Å². The number of carbonyl (C=O) groups is 1. The Morgan fingerprint density at radius 1 is 1.05 bits per heavy atom. The normalized spacial score (nSPS) is 23.2. The lowest BCUT2D eigenvalue weighted by molar-refractivity contribution is -0.138. The lowest BCUT2D eigenvalue weighted by Crippen LogP contribution is -2.55. The molecule has 4 heterocycles. The standard InChI is InChI=1S/C29H41N9O3/c1-35-26-25(33-34-35)27(32-19-31-26)36-13-15-37(16-14-36)28(39)20-5-8-29(9-6-20)22-18-24(41-3)23(40-2)17-21(22)7-12-38(29)11-4-10-30/h17-20H,4-16,30H2,1-3H3. The van der Waals surface area contributed by atoms with Crippen molar-refractivity contribution in [2.75, 3.05) is 64.9 Å². The van der Waals surface area contributed by atoms with Crippen LogP contribution in [0.5, 0.6) is 11.5 Å².